The van der Waals surface area contributed by atoms with Crippen molar-refractivity contribution in [2.75, 3.05) is 11.5 Å². The van der Waals surface area contributed by atoms with Crippen LogP contribution in [0, 0.1) is 0 Å². The molecule has 13 heavy (non-hydrogen) atoms. The standard InChI is InChI=1S/C9H16N2OS/c1-3-13-7-5-9(12)8-4-6-10-11(8)2/h4,6,9,12H,3,5,7H2,1-2H3. The first kappa shape index (κ1) is 10.6. The first-order valence-electron chi connectivity index (χ1n) is 4.49. The van der Waals surface area contributed by atoms with Crippen molar-refractivity contribution in [1.29, 1.82) is 0 Å². The Bertz CT molecular complexity index is 250. The third kappa shape index (κ3) is 3.04. The van der Waals surface area contributed by atoms with Crippen molar-refractivity contribution in [1.82, 2.24) is 9.78 Å². The molecule has 0 saturated carbocycles. The summed E-state index contributed by atoms with van der Waals surface area (Å²) in [6.07, 6.45) is 2.15. The molecule has 0 aromatic carbocycles. The summed E-state index contributed by atoms with van der Waals surface area (Å²) in [6, 6.07) is 1.86. The maximum Gasteiger partial charge on any atom is 0.0964 e. The molecule has 1 N–H and O–H groups in total. The lowest BCUT2D eigenvalue weighted by atomic mass is 10.2. The van der Waals surface area contributed by atoms with Gasteiger partial charge in [0.1, 0.15) is 0 Å². The van der Waals surface area contributed by atoms with Crippen molar-refractivity contribution >= 4 is 11.8 Å². The summed E-state index contributed by atoms with van der Waals surface area (Å²) in [7, 11) is 1.85. The van der Waals surface area contributed by atoms with Crippen LogP contribution in [0.4, 0.5) is 0 Å². The molecule has 0 radical (unpaired) electrons. The maximum atomic E-state index is 9.74. The third-order valence-electron chi connectivity index (χ3n) is 1.94. The van der Waals surface area contributed by atoms with Crippen molar-refractivity contribution in [2.24, 2.45) is 7.05 Å². The van der Waals surface area contributed by atoms with Crippen LogP contribution in [0.3, 0.4) is 0 Å². The average molecular weight is 200 g/mol. The summed E-state index contributed by atoms with van der Waals surface area (Å²) in [5.74, 6) is 2.11. The minimum absolute atomic E-state index is 0.369. The SMILES string of the molecule is CCSCCC(O)c1ccnn1C. The van der Waals surface area contributed by atoms with Crippen LogP contribution in [0.5, 0.6) is 0 Å². The van der Waals surface area contributed by atoms with Crippen LogP contribution in [0.25, 0.3) is 0 Å². The lowest BCUT2D eigenvalue weighted by Crippen LogP contribution is -2.06. The Labute approximate surface area is 83.1 Å². The first-order valence-corrected chi connectivity index (χ1v) is 5.65. The smallest absolute Gasteiger partial charge is 0.0964 e. The summed E-state index contributed by atoms with van der Waals surface area (Å²) in [5, 5.41) is 13.8. The molecule has 0 bridgehead atoms. The maximum absolute atomic E-state index is 9.74. The molecule has 1 atom stereocenters. The molecule has 1 unspecified atom stereocenters. The second-order valence-corrected chi connectivity index (χ2v) is 4.27. The molecule has 0 aliphatic heterocycles. The fraction of sp³-hybridized carbons (Fsp3) is 0.667. The molecule has 0 saturated heterocycles. The Balaban J connectivity index is 2.39. The van der Waals surface area contributed by atoms with E-state index in [1.807, 2.05) is 24.9 Å². The van der Waals surface area contributed by atoms with E-state index in [0.29, 0.717) is 0 Å². The zero-order valence-corrected chi connectivity index (χ0v) is 8.92. The summed E-state index contributed by atoms with van der Waals surface area (Å²) >= 11 is 1.85. The van der Waals surface area contributed by atoms with Crippen molar-refractivity contribution in [3.63, 3.8) is 0 Å². The monoisotopic (exact) mass is 200 g/mol. The third-order valence-corrected chi connectivity index (χ3v) is 2.87. The summed E-state index contributed by atoms with van der Waals surface area (Å²) in [4.78, 5) is 0. The van der Waals surface area contributed by atoms with Gasteiger partial charge in [0, 0.05) is 13.2 Å². The Morgan fingerprint density at radius 2 is 2.46 bits per heavy atom. The van der Waals surface area contributed by atoms with Gasteiger partial charge in [-0.25, -0.2) is 0 Å². The number of hydrogen-bond donors (Lipinski definition) is 1. The van der Waals surface area contributed by atoms with Crippen LogP contribution >= 0.6 is 11.8 Å². The van der Waals surface area contributed by atoms with Crippen LogP contribution in [-0.4, -0.2) is 26.4 Å². The van der Waals surface area contributed by atoms with Gasteiger partial charge in [-0.2, -0.15) is 16.9 Å². The average Bonchev–Trinajstić information content (AvgIpc) is 2.52. The number of aliphatic hydroxyl groups is 1. The predicted molar refractivity (Wildman–Crippen MR) is 55.8 cm³/mol. The first-order chi connectivity index (χ1) is 6.25. The Hall–Kier alpha value is -0.480. The number of aliphatic hydroxyl groups excluding tert-OH is 1. The van der Waals surface area contributed by atoms with Gasteiger partial charge in [0.25, 0.3) is 0 Å². The summed E-state index contributed by atoms with van der Waals surface area (Å²) in [6.45, 7) is 2.13. The summed E-state index contributed by atoms with van der Waals surface area (Å²) in [5.41, 5.74) is 0.900. The van der Waals surface area contributed by atoms with Gasteiger partial charge in [-0.05, 0) is 24.0 Å². The van der Waals surface area contributed by atoms with E-state index < -0.39 is 0 Å². The van der Waals surface area contributed by atoms with Gasteiger partial charge in [0.05, 0.1) is 11.8 Å². The Kier molecular flexibility index (Phi) is 4.32. The van der Waals surface area contributed by atoms with Crippen molar-refractivity contribution in [2.45, 2.75) is 19.4 Å². The van der Waals surface area contributed by atoms with Gasteiger partial charge in [-0.3, -0.25) is 4.68 Å². The molecular weight excluding hydrogens is 184 g/mol. The normalized spacial score (nSPS) is 13.2. The fourth-order valence-corrected chi connectivity index (χ4v) is 1.88. The molecule has 0 fully saturated rings. The minimum atomic E-state index is -0.369. The van der Waals surface area contributed by atoms with E-state index in [1.165, 1.54) is 0 Å². The van der Waals surface area contributed by atoms with Crippen molar-refractivity contribution < 1.29 is 5.11 Å². The highest BCUT2D eigenvalue weighted by Crippen LogP contribution is 2.17. The second-order valence-electron chi connectivity index (χ2n) is 2.88. The molecule has 74 valence electrons. The number of aryl methyl sites for hydroxylation is 1. The van der Waals surface area contributed by atoms with Crippen LogP contribution in [0.1, 0.15) is 25.1 Å². The van der Waals surface area contributed by atoms with Gasteiger partial charge in [-0.1, -0.05) is 6.92 Å². The van der Waals surface area contributed by atoms with Gasteiger partial charge in [-0.15, -0.1) is 0 Å². The van der Waals surface area contributed by atoms with E-state index in [9.17, 15) is 5.11 Å². The van der Waals surface area contributed by atoms with E-state index >= 15 is 0 Å². The highest BCUT2D eigenvalue weighted by atomic mass is 32.2. The highest BCUT2D eigenvalue weighted by molar-refractivity contribution is 7.99. The Morgan fingerprint density at radius 1 is 1.69 bits per heavy atom. The quantitative estimate of drug-likeness (QED) is 0.734. The van der Waals surface area contributed by atoms with Crippen LogP contribution < -0.4 is 0 Å². The van der Waals surface area contributed by atoms with E-state index in [0.717, 1.165) is 23.6 Å². The predicted octanol–water partition coefficient (Wildman–Crippen LogP) is 1.60. The number of hydrogen-bond acceptors (Lipinski definition) is 3. The second kappa shape index (κ2) is 5.29. The number of nitrogens with zero attached hydrogens (tertiary/aromatic N) is 2. The molecule has 0 amide bonds. The molecule has 1 aromatic rings. The highest BCUT2D eigenvalue weighted by Gasteiger charge is 2.10. The van der Waals surface area contributed by atoms with Gasteiger partial charge in [0.15, 0.2) is 0 Å². The van der Waals surface area contributed by atoms with Gasteiger partial charge < -0.3 is 5.11 Å². The zero-order valence-electron chi connectivity index (χ0n) is 8.10. The molecule has 0 aliphatic carbocycles. The van der Waals surface area contributed by atoms with Crippen molar-refractivity contribution in [3.05, 3.63) is 18.0 Å². The van der Waals surface area contributed by atoms with E-state index in [1.54, 1.807) is 10.9 Å². The molecule has 0 aliphatic rings. The van der Waals surface area contributed by atoms with Crippen LogP contribution in [0.15, 0.2) is 12.3 Å². The van der Waals surface area contributed by atoms with Crippen LogP contribution in [0.2, 0.25) is 0 Å². The number of thioether (sulfide) groups is 1. The van der Waals surface area contributed by atoms with Gasteiger partial charge >= 0.3 is 0 Å². The zero-order chi connectivity index (χ0) is 9.68. The fourth-order valence-electron chi connectivity index (χ4n) is 1.20. The van der Waals surface area contributed by atoms with E-state index in [4.69, 9.17) is 0 Å². The Morgan fingerprint density at radius 3 is 3.00 bits per heavy atom. The largest absolute Gasteiger partial charge is 0.387 e. The van der Waals surface area contributed by atoms with Crippen molar-refractivity contribution in [3.8, 4) is 0 Å². The molecule has 0 spiro atoms. The van der Waals surface area contributed by atoms with Crippen LogP contribution in [-0.2, 0) is 7.05 Å². The molecule has 3 nitrogen and oxygen atoms in total. The lowest BCUT2D eigenvalue weighted by molar-refractivity contribution is 0.165. The number of rotatable bonds is 5. The summed E-state index contributed by atoms with van der Waals surface area (Å²) < 4.78 is 1.72. The topological polar surface area (TPSA) is 38.1 Å². The van der Waals surface area contributed by atoms with E-state index in [2.05, 4.69) is 12.0 Å². The molecule has 1 rings (SSSR count). The molecule has 1 heterocycles. The number of aromatic nitrogens is 2. The lowest BCUT2D eigenvalue weighted by Gasteiger charge is -2.09. The van der Waals surface area contributed by atoms with Gasteiger partial charge in [0.2, 0.25) is 0 Å². The van der Waals surface area contributed by atoms with E-state index in [-0.39, 0.29) is 6.10 Å². The molecular formula is C9H16N2OS. The molecule has 4 heteroatoms. The minimum Gasteiger partial charge on any atom is -0.387 e. The molecule has 1 aromatic heterocycles.